The topological polar surface area (TPSA) is 62.4 Å². The molecule has 0 saturated carbocycles. The van der Waals surface area contributed by atoms with Crippen molar-refractivity contribution in [3.05, 3.63) is 68.1 Å². The number of hydrogen-bond donors (Lipinski definition) is 3. The fraction of sp³-hybridized carbons (Fsp3) is 0.188. The second-order valence-electron chi connectivity index (χ2n) is 5.38. The highest BCUT2D eigenvalue weighted by Crippen LogP contribution is 2.36. The van der Waals surface area contributed by atoms with Crippen LogP contribution in [-0.2, 0) is 0 Å². The number of nitrogens with one attached hydrogen (secondary N) is 2. The van der Waals surface area contributed by atoms with Gasteiger partial charge in [0.2, 0.25) is 5.96 Å². The van der Waals surface area contributed by atoms with Crippen molar-refractivity contribution in [1.29, 1.82) is 0 Å². The number of benzene rings is 2. The lowest BCUT2D eigenvalue weighted by molar-refractivity contribution is 0.436. The first-order valence-electron chi connectivity index (χ1n) is 7.19. The van der Waals surface area contributed by atoms with Gasteiger partial charge in [0.1, 0.15) is 11.6 Å². The molecule has 2 atom stereocenters. The molecule has 8 heteroatoms. The Kier molecular flexibility index (Phi) is 5.17. The number of nitrogens with zero attached hydrogens (tertiary/aromatic N) is 1. The molecule has 4 nitrogen and oxygen atoms in total. The molecule has 2 aromatic rings. The van der Waals surface area contributed by atoms with Crippen LogP contribution in [0.2, 0.25) is 0 Å². The lowest BCUT2D eigenvalue weighted by Gasteiger charge is -2.30. The molecule has 2 unspecified atom stereocenters. The third-order valence-corrected chi connectivity index (χ3v) is 4.96. The molecule has 3 rings (SSSR count). The second kappa shape index (κ2) is 7.16. The molecule has 0 radical (unpaired) electrons. The monoisotopic (exact) mass is 458 g/mol. The summed E-state index contributed by atoms with van der Waals surface area (Å²) in [4.78, 5) is 4.46. The summed E-state index contributed by atoms with van der Waals surface area (Å²) in [5.41, 5.74) is 3.34. The number of guanidine groups is 1. The maximum atomic E-state index is 14.4. The van der Waals surface area contributed by atoms with Crippen LogP contribution in [0.5, 0.6) is 0 Å². The zero-order chi connectivity index (χ0) is 17.3. The quantitative estimate of drug-likeness (QED) is 0.360. The van der Waals surface area contributed by atoms with E-state index < -0.39 is 17.7 Å². The third-order valence-electron chi connectivity index (χ3n) is 3.85. The average molecular weight is 460 g/mol. The van der Waals surface area contributed by atoms with Crippen LogP contribution in [0.15, 0.2) is 50.3 Å². The van der Waals surface area contributed by atoms with Crippen LogP contribution in [0.4, 0.5) is 8.78 Å². The lowest BCUT2D eigenvalue weighted by atomic mass is 9.93. The highest BCUT2D eigenvalue weighted by Gasteiger charge is 2.30. The molecule has 0 spiro atoms. The van der Waals surface area contributed by atoms with Gasteiger partial charge in [-0.15, -0.1) is 0 Å². The van der Waals surface area contributed by atoms with Gasteiger partial charge in [-0.3, -0.25) is 5.43 Å². The smallest absolute Gasteiger partial charge is 0.206 e. The Hall–Kier alpha value is -1.51. The molecule has 0 fully saturated rings. The Balaban J connectivity index is 2.00. The van der Waals surface area contributed by atoms with Crippen molar-refractivity contribution in [1.82, 2.24) is 10.7 Å². The second-order valence-corrected chi connectivity index (χ2v) is 7.15. The fourth-order valence-corrected chi connectivity index (χ4v) is 3.51. The maximum Gasteiger partial charge on any atom is 0.206 e. The molecule has 2 aromatic carbocycles. The van der Waals surface area contributed by atoms with Crippen LogP contribution in [0.1, 0.15) is 29.6 Å². The van der Waals surface area contributed by atoms with E-state index in [0.717, 1.165) is 10.0 Å². The summed E-state index contributed by atoms with van der Waals surface area (Å²) in [6.07, 6.45) is 0.395. The minimum Gasteiger partial charge on any atom is -0.348 e. The lowest BCUT2D eigenvalue weighted by Crippen LogP contribution is -2.46. The largest absolute Gasteiger partial charge is 0.348 e. The highest BCUT2D eigenvalue weighted by molar-refractivity contribution is 9.10. The van der Waals surface area contributed by atoms with Crippen molar-refractivity contribution < 1.29 is 8.78 Å². The number of hydrogen-bond acceptors (Lipinski definition) is 4. The van der Waals surface area contributed by atoms with Crippen molar-refractivity contribution in [3.63, 3.8) is 0 Å². The molecule has 0 aromatic heterocycles. The van der Waals surface area contributed by atoms with Gasteiger partial charge in [0.15, 0.2) is 0 Å². The molecule has 0 amide bonds. The SMILES string of the molecule is NNC1=NC(c2cccc(Br)c2)CC(c2c(F)ccc(Br)c2F)N1. The molecule has 4 N–H and O–H groups in total. The summed E-state index contributed by atoms with van der Waals surface area (Å²) < 4.78 is 29.8. The Morgan fingerprint density at radius 3 is 2.71 bits per heavy atom. The molecule has 24 heavy (non-hydrogen) atoms. The van der Waals surface area contributed by atoms with Crippen molar-refractivity contribution in [2.45, 2.75) is 18.5 Å². The van der Waals surface area contributed by atoms with E-state index in [1.54, 1.807) is 0 Å². The predicted octanol–water partition coefficient (Wildman–Crippen LogP) is 4.08. The zero-order valence-electron chi connectivity index (χ0n) is 12.4. The molecule has 0 aliphatic carbocycles. The van der Waals surface area contributed by atoms with Crippen LogP contribution in [0.25, 0.3) is 0 Å². The van der Waals surface area contributed by atoms with Gasteiger partial charge in [0.25, 0.3) is 0 Å². The Morgan fingerprint density at radius 2 is 2.00 bits per heavy atom. The molecule has 126 valence electrons. The molecule has 1 aliphatic heterocycles. The van der Waals surface area contributed by atoms with Crippen LogP contribution in [0.3, 0.4) is 0 Å². The first kappa shape index (κ1) is 17.3. The zero-order valence-corrected chi connectivity index (χ0v) is 15.5. The normalized spacial score (nSPS) is 20.3. The molecule has 1 heterocycles. The van der Waals surface area contributed by atoms with Gasteiger partial charge in [-0.05, 0) is 52.2 Å². The minimum atomic E-state index is -0.626. The van der Waals surface area contributed by atoms with E-state index in [1.165, 1.54) is 12.1 Å². The summed E-state index contributed by atoms with van der Waals surface area (Å²) in [6.45, 7) is 0. The summed E-state index contributed by atoms with van der Waals surface area (Å²) in [6, 6.07) is 9.34. The van der Waals surface area contributed by atoms with Gasteiger partial charge in [-0.25, -0.2) is 19.6 Å². The van der Waals surface area contributed by atoms with Crippen LogP contribution in [-0.4, -0.2) is 5.96 Å². The number of rotatable bonds is 2. The third kappa shape index (κ3) is 3.45. The molecule has 0 bridgehead atoms. The van der Waals surface area contributed by atoms with Gasteiger partial charge in [0, 0.05) is 10.0 Å². The summed E-state index contributed by atoms with van der Waals surface area (Å²) in [7, 11) is 0. The summed E-state index contributed by atoms with van der Waals surface area (Å²) in [5, 5.41) is 2.94. The maximum absolute atomic E-state index is 14.4. The highest BCUT2D eigenvalue weighted by atomic mass is 79.9. The first-order valence-corrected chi connectivity index (χ1v) is 8.78. The van der Waals surface area contributed by atoms with E-state index in [1.807, 2.05) is 24.3 Å². The molecule has 1 aliphatic rings. The van der Waals surface area contributed by atoms with Crippen molar-refractivity contribution >= 4 is 37.8 Å². The number of aliphatic imine (C=N–C) groups is 1. The van der Waals surface area contributed by atoms with Gasteiger partial charge < -0.3 is 5.32 Å². The van der Waals surface area contributed by atoms with Gasteiger partial charge >= 0.3 is 0 Å². The number of nitrogens with two attached hydrogens (primary N) is 1. The van der Waals surface area contributed by atoms with E-state index >= 15 is 0 Å². The average Bonchev–Trinajstić information content (AvgIpc) is 2.58. The fourth-order valence-electron chi connectivity index (χ4n) is 2.75. The Morgan fingerprint density at radius 1 is 1.21 bits per heavy atom. The van der Waals surface area contributed by atoms with Gasteiger partial charge in [-0.1, -0.05) is 28.1 Å². The van der Waals surface area contributed by atoms with E-state index in [9.17, 15) is 8.78 Å². The van der Waals surface area contributed by atoms with Crippen molar-refractivity contribution in [2.75, 3.05) is 0 Å². The van der Waals surface area contributed by atoms with Crippen molar-refractivity contribution in [2.24, 2.45) is 10.8 Å². The van der Waals surface area contributed by atoms with E-state index in [2.05, 4.69) is 47.6 Å². The molecular formula is C16H14Br2F2N4. The minimum absolute atomic E-state index is 0.0352. The van der Waals surface area contributed by atoms with Crippen LogP contribution in [0, 0.1) is 11.6 Å². The van der Waals surface area contributed by atoms with Crippen LogP contribution >= 0.6 is 31.9 Å². The Labute approximate surface area is 154 Å². The first-order chi connectivity index (χ1) is 11.5. The number of halogens is 4. The summed E-state index contributed by atoms with van der Waals surface area (Å²) >= 11 is 6.53. The Bertz CT molecular complexity index is 798. The van der Waals surface area contributed by atoms with E-state index in [0.29, 0.717) is 6.42 Å². The standard InChI is InChI=1S/C16H14Br2F2N4/c17-9-3-1-2-8(6-9)12-7-13(23-16(22-12)24-21)14-11(19)5-4-10(18)15(14)20/h1-6,12-13H,7,21H2,(H2,22,23,24). The van der Waals surface area contributed by atoms with E-state index in [4.69, 9.17) is 5.84 Å². The van der Waals surface area contributed by atoms with Crippen molar-refractivity contribution in [3.8, 4) is 0 Å². The molecule has 0 saturated heterocycles. The van der Waals surface area contributed by atoms with Gasteiger partial charge in [-0.2, -0.15) is 0 Å². The number of hydrazine groups is 1. The van der Waals surface area contributed by atoms with E-state index in [-0.39, 0.29) is 22.0 Å². The predicted molar refractivity (Wildman–Crippen MR) is 96.2 cm³/mol. The molecular weight excluding hydrogens is 446 g/mol. The van der Waals surface area contributed by atoms with Crippen LogP contribution < -0.4 is 16.6 Å². The van der Waals surface area contributed by atoms with Gasteiger partial charge in [0.05, 0.1) is 16.6 Å². The summed E-state index contributed by atoms with van der Waals surface area (Å²) in [5.74, 6) is 4.52.